The van der Waals surface area contributed by atoms with Gasteiger partial charge in [-0.2, -0.15) is 0 Å². The Bertz CT molecular complexity index is 2890. The van der Waals surface area contributed by atoms with E-state index in [2.05, 4.69) is 31.6 Å². The van der Waals surface area contributed by atoms with Crippen LogP contribution in [0.1, 0.15) is 97.1 Å². The molecule has 0 aliphatic carbocycles. The van der Waals surface area contributed by atoms with Gasteiger partial charge in [-0.3, -0.25) is 48.1 Å². The number of hydrogen-bond donors (Lipinski definition) is 7. The van der Waals surface area contributed by atoms with Gasteiger partial charge in [0, 0.05) is 86.9 Å². The van der Waals surface area contributed by atoms with Gasteiger partial charge in [0.1, 0.15) is 6.04 Å². The summed E-state index contributed by atoms with van der Waals surface area (Å²) in [7, 11) is 3.00. The molecule has 2 aliphatic heterocycles. The molecule has 1 atom stereocenters. The number of anilines is 1. The zero-order chi connectivity index (χ0) is 56.1. The van der Waals surface area contributed by atoms with Gasteiger partial charge in [0.05, 0.1) is 57.5 Å². The van der Waals surface area contributed by atoms with Gasteiger partial charge < -0.3 is 61.3 Å². The van der Waals surface area contributed by atoms with Gasteiger partial charge in [-0.15, -0.1) is 11.3 Å². The Morgan fingerprint density at radius 3 is 2.19 bits per heavy atom. The molecule has 0 fully saturated rings. The highest BCUT2D eigenvalue weighted by Gasteiger charge is 2.28. The van der Waals surface area contributed by atoms with Crippen molar-refractivity contribution in [2.45, 2.75) is 96.3 Å². The summed E-state index contributed by atoms with van der Waals surface area (Å²) in [5, 5.41) is 22.8. The fourth-order valence-corrected chi connectivity index (χ4v) is 9.23. The number of Topliss-reactive ketones (excluding diaryl/α,β-unsaturated/α-hetero) is 1. The van der Waals surface area contributed by atoms with Gasteiger partial charge in [0.25, 0.3) is 17.7 Å². The van der Waals surface area contributed by atoms with Gasteiger partial charge in [-0.1, -0.05) is 18.6 Å². The van der Waals surface area contributed by atoms with Crippen molar-refractivity contribution >= 4 is 86.2 Å². The van der Waals surface area contributed by atoms with Crippen molar-refractivity contribution in [1.82, 2.24) is 36.1 Å². The maximum atomic E-state index is 13.4. The van der Waals surface area contributed by atoms with E-state index in [-0.39, 0.29) is 126 Å². The first-order valence-electron chi connectivity index (χ1n) is 25.3. The lowest BCUT2D eigenvalue weighted by Crippen LogP contribution is -2.47. The van der Waals surface area contributed by atoms with Gasteiger partial charge in [0.2, 0.25) is 29.5 Å². The number of aromatic nitrogens is 1. The van der Waals surface area contributed by atoms with Gasteiger partial charge in [0.15, 0.2) is 23.0 Å². The molecule has 24 nitrogen and oxygen atoms in total. The van der Waals surface area contributed by atoms with E-state index in [1.54, 1.807) is 53.4 Å². The van der Waals surface area contributed by atoms with E-state index < -0.39 is 29.9 Å². The number of nitrogens with zero attached hydrogens (tertiary/aromatic N) is 3. The number of methoxy groups -OCH3 is 2. The van der Waals surface area contributed by atoms with Crippen molar-refractivity contribution in [2.75, 3.05) is 52.4 Å². The Labute approximate surface area is 452 Å². The number of pyridine rings is 1. The lowest BCUT2D eigenvalue weighted by molar-refractivity contribution is -0.141. The highest BCUT2D eigenvalue weighted by Crippen LogP contribution is 2.37. The number of carboxylic acid groups (broad SMARTS) is 1. The van der Waals surface area contributed by atoms with Crippen molar-refractivity contribution in [3.05, 3.63) is 82.4 Å². The summed E-state index contributed by atoms with van der Waals surface area (Å²) in [6.45, 7) is 1.18. The third-order valence-electron chi connectivity index (χ3n) is 12.4. The van der Waals surface area contributed by atoms with Gasteiger partial charge in [-0.25, -0.2) is 9.78 Å². The number of hydrogen-bond acceptors (Lipinski definition) is 16. The maximum Gasteiger partial charge on any atom is 0.312 e. The van der Waals surface area contributed by atoms with E-state index in [0.29, 0.717) is 77.7 Å². The first-order valence-corrected chi connectivity index (χ1v) is 26.1. The lowest BCUT2D eigenvalue weighted by atomic mass is 10.1. The number of urea groups is 1. The number of amides is 9. The van der Waals surface area contributed by atoms with Crippen LogP contribution >= 0.6 is 11.3 Å². The first kappa shape index (κ1) is 58.6. The molecule has 4 heterocycles. The third-order valence-corrected chi connectivity index (χ3v) is 13.5. The molecule has 2 aromatic carbocycles. The van der Waals surface area contributed by atoms with Crippen LogP contribution < -0.4 is 51.3 Å². The van der Waals surface area contributed by atoms with E-state index in [9.17, 15) is 47.9 Å². The predicted octanol–water partition coefficient (Wildman–Crippen LogP) is 3.62. The second-order valence-electron chi connectivity index (χ2n) is 18.1. The number of primary amides is 1. The summed E-state index contributed by atoms with van der Waals surface area (Å²) >= 11 is 1.27. The number of nitrogens with one attached hydrogen (secondary N) is 5. The summed E-state index contributed by atoms with van der Waals surface area (Å²) in [5.74, 6) is -2.55. The number of rotatable bonds is 32. The second kappa shape index (κ2) is 29.1. The van der Waals surface area contributed by atoms with Crippen LogP contribution in [-0.2, 0) is 58.0 Å². The molecule has 0 radical (unpaired) electrons. The van der Waals surface area contributed by atoms with Crippen molar-refractivity contribution < 1.29 is 72.0 Å². The Morgan fingerprint density at radius 1 is 0.744 bits per heavy atom. The standard InChI is InChI=1S/C53H63N9O15S/c1-74-39-27-42-33(24-40(39)76-22-7-23-77-52-41(75-2)25-34-30-61(31-37(34)60-52)47(67)18-19-50(70)71)26-43(78-42)38(63)14-15-45(65)56-28-32-10-12-35(13-11-32)58-51(72)36(8-6-20-55-53(54)73)59-46(66)29-57-44(64)9-4-3-5-21-62-48(68)16-17-49(62)69/h10-13,16-17,24-27,36H,3-9,14-15,18-23,28-31H2,1-2H3,(H,56,65)(H,57,64)(H,58,72)(H,59,66)(H,70,71)(H3,54,55,73)/t36-/m0/s1. The molecule has 0 saturated carbocycles. The molecule has 8 N–H and O–H groups in total. The minimum Gasteiger partial charge on any atom is -0.493 e. The molecule has 0 unspecified atom stereocenters. The molecule has 0 bridgehead atoms. The van der Waals surface area contributed by atoms with Crippen LogP contribution in [0.5, 0.6) is 23.1 Å². The Balaban J connectivity index is 0.901. The molecular weight excluding hydrogens is 1030 g/mol. The first-order chi connectivity index (χ1) is 37.5. The minimum absolute atomic E-state index is 0.0348. The molecule has 0 saturated heterocycles. The van der Waals surface area contributed by atoms with Crippen LogP contribution in [0.25, 0.3) is 10.1 Å². The molecular formula is C53H63N9O15S. The number of carboxylic acids is 1. The van der Waals surface area contributed by atoms with Crippen LogP contribution in [0.2, 0.25) is 0 Å². The Kier molecular flexibility index (Phi) is 21.8. The van der Waals surface area contributed by atoms with Crippen LogP contribution in [0.3, 0.4) is 0 Å². The number of thiophene rings is 1. The number of carbonyl (C=O) groups is 10. The number of unbranched alkanes of at least 4 members (excludes halogenated alkanes) is 2. The van der Waals surface area contributed by atoms with E-state index in [0.717, 1.165) is 20.5 Å². The Morgan fingerprint density at radius 2 is 1.47 bits per heavy atom. The normalized spacial score (nSPS) is 12.9. The number of ether oxygens (including phenoxy) is 4. The highest BCUT2D eigenvalue weighted by atomic mass is 32.1. The van der Waals surface area contributed by atoms with Crippen LogP contribution in [-0.4, -0.2) is 132 Å². The number of fused-ring (bicyclic) bond motifs is 2. The molecule has 2 aliphatic rings. The second-order valence-corrected chi connectivity index (χ2v) is 19.2. The van der Waals surface area contributed by atoms with Crippen molar-refractivity contribution in [1.29, 1.82) is 0 Å². The van der Waals surface area contributed by atoms with E-state index in [1.165, 1.54) is 37.7 Å². The molecule has 0 spiro atoms. The maximum absolute atomic E-state index is 13.4. The van der Waals surface area contributed by atoms with E-state index >= 15 is 0 Å². The summed E-state index contributed by atoms with van der Waals surface area (Å²) in [6, 6.07) is 11.9. The zero-order valence-electron chi connectivity index (χ0n) is 43.3. The molecule has 78 heavy (non-hydrogen) atoms. The largest absolute Gasteiger partial charge is 0.493 e. The van der Waals surface area contributed by atoms with Crippen LogP contribution in [0.15, 0.2) is 60.7 Å². The van der Waals surface area contributed by atoms with E-state index in [1.807, 2.05) is 0 Å². The summed E-state index contributed by atoms with van der Waals surface area (Å²) in [5.41, 5.74) is 7.71. The van der Waals surface area contributed by atoms with Crippen LogP contribution in [0.4, 0.5) is 10.5 Å². The average molecular weight is 1100 g/mol. The fourth-order valence-electron chi connectivity index (χ4n) is 8.19. The molecule has 416 valence electrons. The van der Waals surface area contributed by atoms with Crippen molar-refractivity contribution in [3.63, 3.8) is 0 Å². The zero-order valence-corrected chi connectivity index (χ0v) is 44.1. The monoisotopic (exact) mass is 1100 g/mol. The third kappa shape index (κ3) is 17.7. The average Bonchev–Trinajstić information content (AvgIpc) is 4.14. The van der Waals surface area contributed by atoms with Crippen molar-refractivity contribution in [3.8, 4) is 23.1 Å². The number of imide groups is 1. The topological polar surface area (TPSA) is 333 Å². The van der Waals surface area contributed by atoms with Gasteiger partial charge >= 0.3 is 12.0 Å². The summed E-state index contributed by atoms with van der Waals surface area (Å²) < 4.78 is 23.8. The molecule has 4 aromatic rings. The van der Waals surface area contributed by atoms with E-state index in [4.69, 9.17) is 29.8 Å². The summed E-state index contributed by atoms with van der Waals surface area (Å²) in [6.07, 6.45) is 4.56. The van der Waals surface area contributed by atoms with Crippen molar-refractivity contribution in [2.24, 2.45) is 5.73 Å². The molecule has 2 aromatic heterocycles. The Hall–Kier alpha value is -8.61. The number of ketones is 1. The quantitative estimate of drug-likeness (QED) is 0.0209. The fraction of sp³-hybridized carbons (Fsp3) is 0.415. The lowest BCUT2D eigenvalue weighted by Gasteiger charge is -2.19. The molecule has 6 rings (SSSR count). The summed E-state index contributed by atoms with van der Waals surface area (Å²) in [4.78, 5) is 130. The number of aliphatic carboxylic acids is 1. The highest BCUT2D eigenvalue weighted by molar-refractivity contribution is 7.20. The number of carbonyl (C=O) groups excluding carboxylic acids is 9. The number of nitrogens with two attached hydrogens (primary N) is 1. The number of benzene rings is 2. The minimum atomic E-state index is -1.04. The predicted molar refractivity (Wildman–Crippen MR) is 282 cm³/mol. The van der Waals surface area contributed by atoms with Gasteiger partial charge in [-0.05, 0) is 72.5 Å². The molecule has 25 heteroatoms. The smallest absolute Gasteiger partial charge is 0.312 e. The SMILES string of the molecule is COc1cc2sc(C(=O)CCC(=O)NCc3ccc(NC(=O)[C@H](CCCNC(N)=O)NC(=O)CNC(=O)CCCCCN4C(=O)C=CC4=O)cc3)cc2cc1OCCCOc1nc2c(cc1OC)CN(C(=O)CCC(=O)O)C2. The molecule has 9 amide bonds. The van der Waals surface area contributed by atoms with Crippen LogP contribution in [0, 0.1) is 0 Å².